The van der Waals surface area contributed by atoms with Gasteiger partial charge in [-0.25, -0.2) is 4.98 Å². The molecule has 6 nitrogen and oxygen atoms in total. The molecule has 0 bridgehead atoms. The maximum absolute atomic E-state index is 12.8. The molecule has 0 saturated carbocycles. The summed E-state index contributed by atoms with van der Waals surface area (Å²) in [6, 6.07) is 11.0. The highest BCUT2D eigenvalue weighted by Gasteiger charge is 2.31. The Balaban J connectivity index is 1.91. The third kappa shape index (κ3) is 5.02. The van der Waals surface area contributed by atoms with Crippen molar-refractivity contribution in [1.82, 2.24) is 4.98 Å². The first-order valence-corrected chi connectivity index (χ1v) is 8.90. The highest BCUT2D eigenvalue weighted by molar-refractivity contribution is 7.80. The fraction of sp³-hybridized carbons (Fsp3) is 0.0526. The van der Waals surface area contributed by atoms with Crippen LogP contribution in [-0.2, 0) is 6.18 Å². The van der Waals surface area contributed by atoms with Crippen molar-refractivity contribution in [2.45, 2.75) is 6.18 Å². The van der Waals surface area contributed by atoms with Crippen molar-refractivity contribution in [1.29, 1.82) is 0 Å². The van der Waals surface area contributed by atoms with Gasteiger partial charge in [-0.15, -0.1) is 0 Å². The zero-order valence-electron chi connectivity index (χ0n) is 14.7. The van der Waals surface area contributed by atoms with E-state index >= 15 is 0 Å². The predicted octanol–water partition coefficient (Wildman–Crippen LogP) is 6.21. The third-order valence-corrected chi connectivity index (χ3v) is 4.31. The second-order valence-corrected chi connectivity index (χ2v) is 6.52. The van der Waals surface area contributed by atoms with E-state index in [2.05, 4.69) is 4.98 Å². The monoisotopic (exact) mass is 454 g/mol. The van der Waals surface area contributed by atoms with Crippen LogP contribution in [0.4, 0.5) is 18.9 Å². The quantitative estimate of drug-likeness (QED) is 0.259. The van der Waals surface area contributed by atoms with E-state index in [4.69, 9.17) is 33.3 Å². The van der Waals surface area contributed by atoms with Crippen LogP contribution in [0.2, 0.25) is 5.02 Å². The number of ether oxygens (including phenoxy) is 2. The van der Waals surface area contributed by atoms with Crippen LogP contribution in [0.3, 0.4) is 0 Å². The van der Waals surface area contributed by atoms with Crippen LogP contribution in [0, 0.1) is 10.1 Å². The largest absolute Gasteiger partial charge is 0.456 e. The molecule has 1 heterocycles. The van der Waals surface area contributed by atoms with Gasteiger partial charge in [0.1, 0.15) is 17.1 Å². The van der Waals surface area contributed by atoms with E-state index < -0.39 is 16.7 Å². The summed E-state index contributed by atoms with van der Waals surface area (Å²) in [5.41, 5.74) is -1.35. The Labute approximate surface area is 178 Å². The molecular formula is C19H10ClF3N2O4S. The van der Waals surface area contributed by atoms with Gasteiger partial charge in [0.15, 0.2) is 0 Å². The van der Waals surface area contributed by atoms with Gasteiger partial charge in [-0.2, -0.15) is 13.2 Å². The standard InChI is InChI=1S/C19H10ClF3N2O4S/c20-14-9-11(19(21,22)23)4-7-16(14)28-12-5-6-15(25(26)27)13(10-12)18(30)29-17-3-1-2-8-24-17/h1-10H. The molecule has 2 aromatic carbocycles. The molecule has 0 aliphatic heterocycles. The Hall–Kier alpha value is -3.24. The number of alkyl halides is 3. The maximum Gasteiger partial charge on any atom is 0.416 e. The van der Waals surface area contributed by atoms with Gasteiger partial charge in [0.2, 0.25) is 10.9 Å². The van der Waals surface area contributed by atoms with Crippen molar-refractivity contribution in [3.8, 4) is 17.4 Å². The minimum Gasteiger partial charge on any atom is -0.456 e. The summed E-state index contributed by atoms with van der Waals surface area (Å²) >= 11 is 11.0. The molecule has 0 fully saturated rings. The van der Waals surface area contributed by atoms with E-state index in [1.807, 2.05) is 0 Å². The van der Waals surface area contributed by atoms with E-state index in [0.29, 0.717) is 0 Å². The smallest absolute Gasteiger partial charge is 0.416 e. The summed E-state index contributed by atoms with van der Waals surface area (Å²) in [4.78, 5) is 14.6. The highest BCUT2D eigenvalue weighted by atomic mass is 35.5. The molecule has 0 unspecified atom stereocenters. The fourth-order valence-electron chi connectivity index (χ4n) is 2.35. The molecule has 3 aromatic rings. The van der Waals surface area contributed by atoms with E-state index in [1.54, 1.807) is 12.1 Å². The molecule has 3 rings (SSSR count). The number of nitro benzene ring substituents is 1. The average molecular weight is 455 g/mol. The maximum atomic E-state index is 12.8. The number of aromatic nitrogens is 1. The lowest BCUT2D eigenvalue weighted by atomic mass is 10.1. The summed E-state index contributed by atoms with van der Waals surface area (Å²) in [5, 5.41) is 10.8. The third-order valence-electron chi connectivity index (χ3n) is 3.71. The van der Waals surface area contributed by atoms with Crippen LogP contribution < -0.4 is 9.47 Å². The van der Waals surface area contributed by atoms with Gasteiger partial charge in [0.25, 0.3) is 5.69 Å². The van der Waals surface area contributed by atoms with Crippen molar-refractivity contribution in [2.75, 3.05) is 0 Å². The van der Waals surface area contributed by atoms with Gasteiger partial charge in [0, 0.05) is 18.3 Å². The number of hydrogen-bond acceptors (Lipinski definition) is 6. The van der Waals surface area contributed by atoms with Crippen LogP contribution in [-0.4, -0.2) is 15.0 Å². The molecule has 11 heteroatoms. The second kappa shape index (κ2) is 8.64. The molecule has 0 aliphatic rings. The molecule has 30 heavy (non-hydrogen) atoms. The van der Waals surface area contributed by atoms with Crippen molar-refractivity contribution in [2.24, 2.45) is 0 Å². The molecule has 0 spiro atoms. The number of halogens is 4. The van der Waals surface area contributed by atoms with Crippen molar-refractivity contribution in [3.05, 3.63) is 87.1 Å². The van der Waals surface area contributed by atoms with Gasteiger partial charge in [-0.1, -0.05) is 17.7 Å². The average Bonchev–Trinajstić information content (AvgIpc) is 2.69. The normalized spacial score (nSPS) is 11.1. The zero-order chi connectivity index (χ0) is 21.9. The second-order valence-electron chi connectivity index (χ2n) is 5.74. The first kappa shape index (κ1) is 21.5. The van der Waals surface area contributed by atoms with Crippen molar-refractivity contribution >= 4 is 34.6 Å². The molecule has 0 amide bonds. The number of nitrogens with zero attached hydrogens (tertiary/aromatic N) is 2. The lowest BCUT2D eigenvalue weighted by molar-refractivity contribution is -0.385. The SMILES string of the molecule is O=[N+]([O-])c1ccc(Oc2ccc(C(F)(F)F)cc2Cl)cc1C(=S)Oc1ccccn1. The number of benzene rings is 2. The first-order chi connectivity index (χ1) is 14.1. The van der Waals surface area contributed by atoms with Crippen LogP contribution in [0.5, 0.6) is 17.4 Å². The van der Waals surface area contributed by atoms with Gasteiger partial charge in [-0.3, -0.25) is 10.1 Å². The van der Waals surface area contributed by atoms with Crippen LogP contribution in [0.25, 0.3) is 0 Å². The van der Waals surface area contributed by atoms with E-state index in [9.17, 15) is 23.3 Å². The number of rotatable bonds is 5. The predicted molar refractivity (Wildman–Crippen MR) is 106 cm³/mol. The minimum atomic E-state index is -4.56. The van der Waals surface area contributed by atoms with Crippen molar-refractivity contribution in [3.63, 3.8) is 0 Å². The van der Waals surface area contributed by atoms with Gasteiger partial charge < -0.3 is 9.47 Å². The number of thiocarbonyl (C=S) groups is 1. The molecular weight excluding hydrogens is 445 g/mol. The summed E-state index contributed by atoms with van der Waals surface area (Å²) in [5.74, 6) is 0.124. The molecule has 0 atom stereocenters. The van der Waals surface area contributed by atoms with Crippen LogP contribution >= 0.6 is 23.8 Å². The highest BCUT2D eigenvalue weighted by Crippen LogP contribution is 2.37. The first-order valence-electron chi connectivity index (χ1n) is 8.11. The molecule has 0 N–H and O–H groups in total. The van der Waals surface area contributed by atoms with Crippen LogP contribution in [0.15, 0.2) is 60.8 Å². The Morgan fingerprint density at radius 3 is 2.50 bits per heavy atom. The van der Waals surface area contributed by atoms with Gasteiger partial charge in [-0.05, 0) is 48.6 Å². The summed E-state index contributed by atoms with van der Waals surface area (Å²) in [7, 11) is 0. The van der Waals surface area contributed by atoms with Gasteiger partial charge in [0.05, 0.1) is 15.5 Å². The summed E-state index contributed by atoms with van der Waals surface area (Å²) < 4.78 is 49.2. The molecule has 1 aromatic heterocycles. The molecule has 0 saturated heterocycles. The zero-order valence-corrected chi connectivity index (χ0v) is 16.3. The lowest BCUT2D eigenvalue weighted by Crippen LogP contribution is -2.11. The summed E-state index contributed by atoms with van der Waals surface area (Å²) in [6.45, 7) is 0. The Bertz CT molecular complexity index is 1110. The lowest BCUT2D eigenvalue weighted by Gasteiger charge is -2.12. The number of hydrogen-bond donors (Lipinski definition) is 0. The topological polar surface area (TPSA) is 74.5 Å². The van der Waals surface area contributed by atoms with E-state index in [1.165, 1.54) is 24.4 Å². The Morgan fingerprint density at radius 1 is 1.13 bits per heavy atom. The Kier molecular flexibility index (Phi) is 6.18. The van der Waals surface area contributed by atoms with E-state index in [0.717, 1.165) is 24.3 Å². The van der Waals surface area contributed by atoms with Crippen LogP contribution in [0.1, 0.15) is 11.1 Å². The molecule has 154 valence electrons. The molecule has 0 aliphatic carbocycles. The van der Waals surface area contributed by atoms with E-state index in [-0.39, 0.29) is 38.7 Å². The Morgan fingerprint density at radius 2 is 1.90 bits per heavy atom. The summed E-state index contributed by atoms with van der Waals surface area (Å²) in [6.07, 6.45) is -3.10. The number of nitro groups is 1. The minimum absolute atomic E-state index is 0.0595. The molecule has 0 radical (unpaired) electrons. The van der Waals surface area contributed by atoms with Crippen molar-refractivity contribution < 1.29 is 27.6 Å². The number of pyridine rings is 1. The fourth-order valence-corrected chi connectivity index (χ4v) is 2.81. The van der Waals surface area contributed by atoms with Gasteiger partial charge >= 0.3 is 6.18 Å².